The van der Waals surface area contributed by atoms with Gasteiger partial charge >= 0.3 is 0 Å². The van der Waals surface area contributed by atoms with E-state index in [1.807, 2.05) is 12.1 Å². The van der Waals surface area contributed by atoms with E-state index >= 15 is 0 Å². The second kappa shape index (κ2) is 4.80. The molecule has 0 radical (unpaired) electrons. The Labute approximate surface area is 123 Å². The Balaban J connectivity index is 1.87. The topological polar surface area (TPSA) is 27.8 Å². The molecule has 0 saturated carbocycles. The summed E-state index contributed by atoms with van der Waals surface area (Å²) in [4.78, 5) is 3.63. The van der Waals surface area contributed by atoms with Gasteiger partial charge in [0.2, 0.25) is 0 Å². The molecule has 1 unspecified atom stereocenters. The molecule has 2 aliphatic rings. The van der Waals surface area contributed by atoms with Gasteiger partial charge in [0.25, 0.3) is 0 Å². The van der Waals surface area contributed by atoms with Crippen molar-refractivity contribution < 1.29 is 0 Å². The Morgan fingerprint density at radius 2 is 1.85 bits per heavy atom. The zero-order valence-corrected chi connectivity index (χ0v) is 12.0. The first kappa shape index (κ1) is 12.2. The summed E-state index contributed by atoms with van der Waals surface area (Å²) in [5.41, 5.74) is 4.10. The highest BCUT2D eigenvalue weighted by Crippen LogP contribution is 2.26. The Bertz CT molecular complexity index is 756. The summed E-state index contributed by atoms with van der Waals surface area (Å²) in [6.07, 6.45) is 8.12. The Morgan fingerprint density at radius 3 is 2.70 bits per heavy atom. The minimum absolute atomic E-state index is 0.253. The molecule has 102 valence electrons. The van der Waals surface area contributed by atoms with E-state index in [1.54, 1.807) is 0 Å². The van der Waals surface area contributed by atoms with E-state index in [4.69, 9.17) is 11.6 Å². The number of rotatable bonds is 1. The van der Waals surface area contributed by atoms with Crippen LogP contribution in [0.4, 0.5) is 0 Å². The van der Waals surface area contributed by atoms with Crippen molar-refractivity contribution in [1.29, 1.82) is 0 Å². The van der Waals surface area contributed by atoms with Gasteiger partial charge in [0.1, 0.15) is 0 Å². The van der Waals surface area contributed by atoms with E-state index < -0.39 is 0 Å². The van der Waals surface area contributed by atoms with Crippen LogP contribution in [0, 0.1) is 0 Å². The van der Waals surface area contributed by atoms with E-state index in [0.29, 0.717) is 0 Å². The molecular weight excluding hydrogens is 268 g/mol. The van der Waals surface area contributed by atoms with E-state index in [9.17, 15) is 0 Å². The summed E-state index contributed by atoms with van der Waals surface area (Å²) in [5, 5.41) is 7.15. The second-order valence-electron chi connectivity index (χ2n) is 5.52. The maximum Gasteiger partial charge on any atom is 0.0732 e. The third-order valence-corrected chi connectivity index (χ3v) is 4.54. The summed E-state index contributed by atoms with van der Waals surface area (Å²) in [5.74, 6) is 0. The molecule has 2 heterocycles. The zero-order valence-electron chi connectivity index (χ0n) is 11.2. The summed E-state index contributed by atoms with van der Waals surface area (Å²) < 4.78 is 0. The van der Waals surface area contributed by atoms with Crippen LogP contribution >= 0.6 is 11.6 Å². The van der Waals surface area contributed by atoms with Crippen LogP contribution < -0.4 is 15.9 Å². The molecule has 4 rings (SSSR count). The van der Waals surface area contributed by atoms with Crippen molar-refractivity contribution in [2.75, 3.05) is 6.54 Å². The van der Waals surface area contributed by atoms with Gasteiger partial charge in [-0.25, -0.2) is 0 Å². The first-order chi connectivity index (χ1) is 9.83. The molecule has 1 aromatic heterocycles. The van der Waals surface area contributed by atoms with Crippen LogP contribution in [-0.2, 0) is 6.42 Å². The lowest BCUT2D eigenvalue weighted by atomic mass is 9.94. The van der Waals surface area contributed by atoms with Crippen molar-refractivity contribution in [3.05, 3.63) is 56.7 Å². The number of nitrogens with one attached hydrogen (secondary N) is 2. The quantitative estimate of drug-likeness (QED) is 0.826. The SMILES string of the molecule is Clc1ccc(C2NCCc3c2[nH]c2c3=CCCC=2)cc1. The van der Waals surface area contributed by atoms with Crippen LogP contribution in [0.5, 0.6) is 0 Å². The molecule has 2 aromatic rings. The van der Waals surface area contributed by atoms with Gasteiger partial charge < -0.3 is 10.3 Å². The maximum atomic E-state index is 6.00. The molecule has 2 nitrogen and oxygen atoms in total. The standard InChI is InChI=1S/C17H17ClN2/c18-12-7-5-11(6-8-12)16-17-14(9-10-19-16)13-3-1-2-4-15(13)20-17/h3-8,16,19-20H,1-2,9-10H2. The maximum absolute atomic E-state index is 6.00. The highest BCUT2D eigenvalue weighted by molar-refractivity contribution is 6.30. The largest absolute Gasteiger partial charge is 0.357 e. The molecule has 0 spiro atoms. The molecule has 1 aliphatic heterocycles. The first-order valence-corrected chi connectivity index (χ1v) is 7.61. The summed E-state index contributed by atoms with van der Waals surface area (Å²) in [6, 6.07) is 8.41. The number of H-pyrrole nitrogens is 1. The lowest BCUT2D eigenvalue weighted by Crippen LogP contribution is -2.33. The Hall–Kier alpha value is -1.51. The predicted molar refractivity (Wildman–Crippen MR) is 83.2 cm³/mol. The number of aromatic amines is 1. The van der Waals surface area contributed by atoms with Crippen molar-refractivity contribution in [2.45, 2.75) is 25.3 Å². The van der Waals surface area contributed by atoms with Crippen LogP contribution in [0.15, 0.2) is 24.3 Å². The van der Waals surface area contributed by atoms with Gasteiger partial charge in [-0.1, -0.05) is 35.9 Å². The van der Waals surface area contributed by atoms with Gasteiger partial charge in [-0.2, -0.15) is 0 Å². The fourth-order valence-corrected chi connectivity index (χ4v) is 3.47. The minimum Gasteiger partial charge on any atom is -0.357 e. The highest BCUT2D eigenvalue weighted by atomic mass is 35.5. The average molecular weight is 285 g/mol. The van der Waals surface area contributed by atoms with Gasteiger partial charge in [0.05, 0.1) is 6.04 Å². The minimum atomic E-state index is 0.253. The second-order valence-corrected chi connectivity index (χ2v) is 5.96. The fourth-order valence-electron chi connectivity index (χ4n) is 3.34. The van der Waals surface area contributed by atoms with Gasteiger partial charge in [-0.05, 0) is 47.7 Å². The number of aromatic nitrogens is 1. The molecule has 2 N–H and O–H groups in total. The van der Waals surface area contributed by atoms with Gasteiger partial charge in [-0.3, -0.25) is 0 Å². The molecule has 0 saturated heterocycles. The van der Waals surface area contributed by atoms with Gasteiger partial charge in [0.15, 0.2) is 0 Å². The molecule has 1 atom stereocenters. The predicted octanol–water partition coefficient (Wildman–Crippen LogP) is 2.26. The molecule has 1 aliphatic carbocycles. The number of benzene rings is 1. The molecule has 0 fully saturated rings. The Kier molecular flexibility index (Phi) is 2.94. The van der Waals surface area contributed by atoms with E-state index in [1.165, 1.54) is 27.4 Å². The van der Waals surface area contributed by atoms with Crippen LogP contribution in [-0.4, -0.2) is 11.5 Å². The lowest BCUT2D eigenvalue weighted by molar-refractivity contribution is 0.557. The van der Waals surface area contributed by atoms with E-state index in [0.717, 1.165) is 30.8 Å². The number of fused-ring (bicyclic) bond motifs is 3. The van der Waals surface area contributed by atoms with Gasteiger partial charge in [-0.15, -0.1) is 0 Å². The normalized spacial score (nSPS) is 20.6. The van der Waals surface area contributed by atoms with Crippen molar-refractivity contribution in [1.82, 2.24) is 10.3 Å². The van der Waals surface area contributed by atoms with Crippen molar-refractivity contribution in [3.63, 3.8) is 0 Å². The highest BCUT2D eigenvalue weighted by Gasteiger charge is 2.24. The van der Waals surface area contributed by atoms with E-state index in [-0.39, 0.29) is 6.04 Å². The lowest BCUT2D eigenvalue weighted by Gasteiger charge is -2.24. The summed E-state index contributed by atoms with van der Waals surface area (Å²) in [6.45, 7) is 1.03. The monoisotopic (exact) mass is 284 g/mol. The van der Waals surface area contributed by atoms with Gasteiger partial charge in [0, 0.05) is 22.6 Å². The number of hydrogen-bond donors (Lipinski definition) is 2. The summed E-state index contributed by atoms with van der Waals surface area (Å²) in [7, 11) is 0. The zero-order chi connectivity index (χ0) is 13.5. The summed E-state index contributed by atoms with van der Waals surface area (Å²) >= 11 is 6.00. The third kappa shape index (κ3) is 1.91. The number of halogens is 1. The van der Waals surface area contributed by atoms with Crippen LogP contribution in [0.3, 0.4) is 0 Å². The van der Waals surface area contributed by atoms with Crippen LogP contribution in [0.2, 0.25) is 5.02 Å². The first-order valence-electron chi connectivity index (χ1n) is 7.23. The Morgan fingerprint density at radius 1 is 1.05 bits per heavy atom. The van der Waals surface area contributed by atoms with Crippen LogP contribution in [0.25, 0.3) is 12.2 Å². The molecule has 0 amide bonds. The fraction of sp³-hybridized carbons (Fsp3) is 0.294. The average Bonchev–Trinajstić information content (AvgIpc) is 2.87. The molecule has 3 heteroatoms. The van der Waals surface area contributed by atoms with Crippen molar-refractivity contribution in [3.8, 4) is 0 Å². The third-order valence-electron chi connectivity index (χ3n) is 4.29. The van der Waals surface area contributed by atoms with Crippen LogP contribution in [0.1, 0.15) is 35.7 Å². The molecule has 20 heavy (non-hydrogen) atoms. The molecule has 1 aromatic carbocycles. The van der Waals surface area contributed by atoms with E-state index in [2.05, 4.69) is 34.6 Å². The smallest absolute Gasteiger partial charge is 0.0732 e. The molecule has 0 bridgehead atoms. The van der Waals surface area contributed by atoms with Crippen molar-refractivity contribution in [2.24, 2.45) is 0 Å². The molecular formula is C17H17ClN2. The number of hydrogen-bond acceptors (Lipinski definition) is 1. The van der Waals surface area contributed by atoms with Crippen molar-refractivity contribution >= 4 is 23.8 Å².